The number of halogens is 1. The number of benzene rings is 1. The minimum Gasteiger partial charge on any atom is -0.375 e. The van der Waals surface area contributed by atoms with Gasteiger partial charge in [0.2, 0.25) is 0 Å². The summed E-state index contributed by atoms with van der Waals surface area (Å²) in [6.07, 6.45) is 2.05. The molecule has 0 atom stereocenters. The van der Waals surface area contributed by atoms with Gasteiger partial charge in [-0.25, -0.2) is 0 Å². The normalized spacial score (nSPS) is 10.7. The fourth-order valence-corrected chi connectivity index (χ4v) is 1.95. The molecule has 2 rings (SSSR count). The summed E-state index contributed by atoms with van der Waals surface area (Å²) in [5.41, 5.74) is 2.42. The van der Waals surface area contributed by atoms with Crippen LogP contribution >= 0.6 is 22.6 Å². The van der Waals surface area contributed by atoms with E-state index in [1.54, 1.807) is 0 Å². The van der Waals surface area contributed by atoms with Gasteiger partial charge in [0.1, 0.15) is 3.70 Å². The fraction of sp³-hybridized carbons (Fsp3) is 0.308. The average Bonchev–Trinajstić information content (AvgIpc) is 2.66. The summed E-state index contributed by atoms with van der Waals surface area (Å²) in [6, 6.07) is 10.2. The van der Waals surface area contributed by atoms with Crippen molar-refractivity contribution in [3.8, 4) is 0 Å². The zero-order valence-corrected chi connectivity index (χ0v) is 11.9. The van der Waals surface area contributed by atoms with Gasteiger partial charge in [0, 0.05) is 11.8 Å². The van der Waals surface area contributed by atoms with Gasteiger partial charge in [-0.3, -0.25) is 4.68 Å². The third kappa shape index (κ3) is 3.81. The maximum absolute atomic E-state index is 5.61. The molecule has 0 spiro atoms. The Hall–Kier alpha value is -0.880. The molecule has 0 bridgehead atoms. The van der Waals surface area contributed by atoms with E-state index in [2.05, 4.69) is 46.7 Å². The zero-order valence-electron chi connectivity index (χ0n) is 9.77. The van der Waals surface area contributed by atoms with Crippen molar-refractivity contribution in [3.05, 3.63) is 51.4 Å². The van der Waals surface area contributed by atoms with E-state index in [1.165, 1.54) is 11.1 Å². The number of hydrogen-bond donors (Lipinski definition) is 0. The Morgan fingerprint density at radius 2 is 2.06 bits per heavy atom. The molecule has 0 aliphatic rings. The summed E-state index contributed by atoms with van der Waals surface area (Å²) >= 11 is 2.24. The van der Waals surface area contributed by atoms with Gasteiger partial charge in [0.15, 0.2) is 0 Å². The summed E-state index contributed by atoms with van der Waals surface area (Å²) in [5, 5.41) is 4.38. The lowest BCUT2D eigenvalue weighted by Gasteiger charge is -2.04. The highest BCUT2D eigenvalue weighted by Crippen LogP contribution is 2.07. The van der Waals surface area contributed by atoms with Crippen LogP contribution in [0.5, 0.6) is 0 Å². The van der Waals surface area contributed by atoms with Crippen LogP contribution in [0.1, 0.15) is 11.1 Å². The van der Waals surface area contributed by atoms with Crippen LogP contribution in [0.4, 0.5) is 0 Å². The molecule has 4 heteroatoms. The number of aryl methyl sites for hydroxylation is 1. The Morgan fingerprint density at radius 3 is 2.71 bits per heavy atom. The molecule has 17 heavy (non-hydrogen) atoms. The highest BCUT2D eigenvalue weighted by atomic mass is 127. The van der Waals surface area contributed by atoms with E-state index >= 15 is 0 Å². The third-order valence-electron chi connectivity index (χ3n) is 2.46. The van der Waals surface area contributed by atoms with Crippen molar-refractivity contribution in [2.75, 3.05) is 6.61 Å². The highest BCUT2D eigenvalue weighted by molar-refractivity contribution is 14.1. The van der Waals surface area contributed by atoms with Gasteiger partial charge < -0.3 is 4.74 Å². The van der Waals surface area contributed by atoms with E-state index < -0.39 is 0 Å². The van der Waals surface area contributed by atoms with Gasteiger partial charge in [-0.2, -0.15) is 5.10 Å². The summed E-state index contributed by atoms with van der Waals surface area (Å²) < 4.78 is 8.60. The molecule has 0 unspecified atom stereocenters. The second-order valence-electron chi connectivity index (χ2n) is 3.90. The molecule has 0 N–H and O–H groups in total. The summed E-state index contributed by atoms with van der Waals surface area (Å²) in [7, 11) is 0. The second-order valence-corrected chi connectivity index (χ2v) is 4.93. The van der Waals surface area contributed by atoms with E-state index in [9.17, 15) is 0 Å². The molecule has 0 aliphatic heterocycles. The van der Waals surface area contributed by atoms with Gasteiger partial charge in [0.25, 0.3) is 0 Å². The number of ether oxygens (including phenoxy) is 1. The molecule has 1 aromatic carbocycles. The molecule has 0 saturated heterocycles. The van der Waals surface area contributed by atoms with E-state index in [0.29, 0.717) is 13.2 Å². The minimum absolute atomic E-state index is 0.665. The van der Waals surface area contributed by atoms with Crippen LogP contribution in [0.25, 0.3) is 0 Å². The van der Waals surface area contributed by atoms with Crippen molar-refractivity contribution in [2.45, 2.75) is 20.1 Å². The molecular weight excluding hydrogens is 327 g/mol. The van der Waals surface area contributed by atoms with Crippen LogP contribution < -0.4 is 0 Å². The first-order valence-electron chi connectivity index (χ1n) is 5.57. The van der Waals surface area contributed by atoms with Crippen LogP contribution in [0.2, 0.25) is 0 Å². The molecule has 1 heterocycles. The number of aromatic nitrogens is 2. The van der Waals surface area contributed by atoms with Crippen molar-refractivity contribution in [1.29, 1.82) is 0 Å². The van der Waals surface area contributed by atoms with E-state index in [0.717, 1.165) is 10.2 Å². The maximum atomic E-state index is 5.61. The van der Waals surface area contributed by atoms with Crippen LogP contribution in [-0.2, 0) is 17.9 Å². The fourth-order valence-electron chi connectivity index (χ4n) is 1.53. The van der Waals surface area contributed by atoms with E-state index in [1.807, 2.05) is 29.1 Å². The molecule has 0 radical (unpaired) electrons. The maximum Gasteiger partial charge on any atom is 0.126 e. The highest BCUT2D eigenvalue weighted by Gasteiger charge is 2.00. The van der Waals surface area contributed by atoms with Gasteiger partial charge >= 0.3 is 0 Å². The topological polar surface area (TPSA) is 27.1 Å². The Bertz CT molecular complexity index is 448. The summed E-state index contributed by atoms with van der Waals surface area (Å²) in [5.74, 6) is 0. The standard InChI is InChI=1S/C13H15IN2O/c1-11-9-16(15-13(11)14)7-8-17-10-12-5-3-2-4-6-12/h2-6,9H,7-8,10H2,1H3. The lowest BCUT2D eigenvalue weighted by atomic mass is 10.2. The Kier molecular flexibility index (Phi) is 4.56. The van der Waals surface area contributed by atoms with Gasteiger partial charge in [-0.1, -0.05) is 30.3 Å². The molecule has 3 nitrogen and oxygen atoms in total. The molecule has 2 aromatic rings. The average molecular weight is 342 g/mol. The second kappa shape index (κ2) is 6.16. The van der Waals surface area contributed by atoms with Crippen molar-refractivity contribution in [3.63, 3.8) is 0 Å². The molecule has 90 valence electrons. The third-order valence-corrected chi connectivity index (χ3v) is 3.53. The minimum atomic E-state index is 0.665. The molecule has 0 fully saturated rings. The van der Waals surface area contributed by atoms with Crippen LogP contribution in [0.3, 0.4) is 0 Å². The largest absolute Gasteiger partial charge is 0.375 e. The van der Waals surface area contributed by atoms with Crippen LogP contribution in [-0.4, -0.2) is 16.4 Å². The lowest BCUT2D eigenvalue weighted by Crippen LogP contribution is -2.06. The molecular formula is C13H15IN2O. The van der Waals surface area contributed by atoms with Crippen molar-refractivity contribution in [2.24, 2.45) is 0 Å². The summed E-state index contributed by atoms with van der Waals surface area (Å²) in [6.45, 7) is 4.22. The van der Waals surface area contributed by atoms with E-state index in [4.69, 9.17) is 4.74 Å². The number of hydrogen-bond acceptors (Lipinski definition) is 2. The zero-order chi connectivity index (χ0) is 12.1. The first-order valence-corrected chi connectivity index (χ1v) is 6.65. The van der Waals surface area contributed by atoms with Crippen molar-refractivity contribution < 1.29 is 4.74 Å². The smallest absolute Gasteiger partial charge is 0.126 e. The van der Waals surface area contributed by atoms with E-state index in [-0.39, 0.29) is 0 Å². The molecule has 0 amide bonds. The SMILES string of the molecule is Cc1cn(CCOCc2ccccc2)nc1I. The molecule has 1 aromatic heterocycles. The quantitative estimate of drug-likeness (QED) is 0.617. The van der Waals surface area contributed by atoms with Gasteiger partial charge in [-0.05, 0) is 35.1 Å². The predicted octanol–water partition coefficient (Wildman–Crippen LogP) is 3.01. The van der Waals surface area contributed by atoms with Crippen LogP contribution in [0, 0.1) is 10.6 Å². The summed E-state index contributed by atoms with van der Waals surface area (Å²) in [4.78, 5) is 0. The Labute approximate surface area is 115 Å². The number of nitrogens with zero attached hydrogens (tertiary/aromatic N) is 2. The van der Waals surface area contributed by atoms with Crippen molar-refractivity contribution >= 4 is 22.6 Å². The lowest BCUT2D eigenvalue weighted by molar-refractivity contribution is 0.111. The van der Waals surface area contributed by atoms with Crippen molar-refractivity contribution in [1.82, 2.24) is 9.78 Å². The first-order chi connectivity index (χ1) is 8.25. The monoisotopic (exact) mass is 342 g/mol. The van der Waals surface area contributed by atoms with Crippen LogP contribution in [0.15, 0.2) is 36.5 Å². The first kappa shape index (κ1) is 12.6. The Morgan fingerprint density at radius 1 is 1.29 bits per heavy atom. The molecule has 0 aliphatic carbocycles. The number of rotatable bonds is 5. The van der Waals surface area contributed by atoms with Gasteiger partial charge in [0.05, 0.1) is 19.8 Å². The van der Waals surface area contributed by atoms with Gasteiger partial charge in [-0.15, -0.1) is 0 Å². The Balaban J connectivity index is 1.73. The molecule has 0 saturated carbocycles. The predicted molar refractivity (Wildman–Crippen MR) is 75.8 cm³/mol.